The molecule has 0 bridgehead atoms. The van der Waals surface area contributed by atoms with Crippen molar-refractivity contribution < 1.29 is 14.7 Å². The van der Waals surface area contributed by atoms with Crippen LogP contribution in [0.25, 0.3) is 0 Å². The maximum atomic E-state index is 11.2. The van der Waals surface area contributed by atoms with Gasteiger partial charge in [0.1, 0.15) is 0 Å². The van der Waals surface area contributed by atoms with Crippen molar-refractivity contribution in [2.45, 2.75) is 6.92 Å². The Bertz CT molecular complexity index is 543. The van der Waals surface area contributed by atoms with Gasteiger partial charge in [-0.05, 0) is 25.1 Å². The van der Waals surface area contributed by atoms with Gasteiger partial charge in [-0.1, -0.05) is 0 Å². The molecule has 6 heteroatoms. The van der Waals surface area contributed by atoms with Crippen molar-refractivity contribution in [2.75, 3.05) is 5.32 Å². The van der Waals surface area contributed by atoms with E-state index in [0.29, 0.717) is 0 Å². The zero-order valence-electron chi connectivity index (χ0n) is 8.94. The number of carbonyl (C=O) groups is 2. The molecule has 1 rings (SSSR count). The summed E-state index contributed by atoms with van der Waals surface area (Å²) in [5.41, 5.74) is -0.163. The molecule has 3 N–H and O–H groups in total. The van der Waals surface area contributed by atoms with Crippen molar-refractivity contribution in [3.05, 3.63) is 29.3 Å². The minimum absolute atomic E-state index is 0.0631. The van der Waals surface area contributed by atoms with Crippen molar-refractivity contribution in [1.29, 1.82) is 10.7 Å². The van der Waals surface area contributed by atoms with Gasteiger partial charge < -0.3 is 10.4 Å². The van der Waals surface area contributed by atoms with Gasteiger partial charge in [0.05, 0.1) is 28.6 Å². The van der Waals surface area contributed by atoms with Crippen LogP contribution in [0, 0.1) is 16.7 Å². The van der Waals surface area contributed by atoms with Crippen LogP contribution in [0.5, 0.6) is 0 Å². The van der Waals surface area contributed by atoms with Gasteiger partial charge in [0.2, 0.25) is 0 Å². The molecule has 1 amide bonds. The summed E-state index contributed by atoms with van der Waals surface area (Å²) < 4.78 is 0. The number of aromatic carboxylic acids is 1. The minimum atomic E-state index is -1.25. The summed E-state index contributed by atoms with van der Waals surface area (Å²) in [6.45, 7) is 1.29. The first-order valence-corrected chi connectivity index (χ1v) is 4.59. The number of anilines is 1. The number of carboxylic acids is 1. The van der Waals surface area contributed by atoms with Gasteiger partial charge in [-0.25, -0.2) is 4.79 Å². The smallest absolute Gasteiger partial charge is 0.337 e. The fourth-order valence-corrected chi connectivity index (χ4v) is 1.12. The van der Waals surface area contributed by atoms with Crippen molar-refractivity contribution in [3.8, 4) is 6.07 Å². The Hall–Kier alpha value is -2.68. The van der Waals surface area contributed by atoms with E-state index in [1.54, 1.807) is 0 Å². The molecule has 86 valence electrons. The number of carboxylic acid groups (broad SMARTS) is 1. The molecule has 0 aliphatic heterocycles. The molecule has 0 saturated carbocycles. The van der Waals surface area contributed by atoms with Crippen LogP contribution in [0.4, 0.5) is 5.69 Å². The van der Waals surface area contributed by atoms with Crippen molar-refractivity contribution in [2.24, 2.45) is 0 Å². The second kappa shape index (κ2) is 4.90. The van der Waals surface area contributed by atoms with E-state index in [9.17, 15) is 9.59 Å². The second-order valence-electron chi connectivity index (χ2n) is 3.26. The van der Waals surface area contributed by atoms with E-state index >= 15 is 0 Å². The SMILES string of the molecule is CC(=N)C(=O)Nc1ccc(C#N)cc1C(=O)O. The number of amides is 1. The second-order valence-corrected chi connectivity index (χ2v) is 3.26. The molecule has 1 aromatic carbocycles. The van der Waals surface area contributed by atoms with E-state index in [0.717, 1.165) is 6.07 Å². The maximum Gasteiger partial charge on any atom is 0.337 e. The first-order chi connectivity index (χ1) is 7.95. The molecule has 0 fully saturated rings. The van der Waals surface area contributed by atoms with E-state index in [1.165, 1.54) is 19.1 Å². The molecule has 0 aliphatic rings. The lowest BCUT2D eigenvalue weighted by atomic mass is 10.1. The third-order valence-corrected chi connectivity index (χ3v) is 1.97. The number of hydrogen-bond donors (Lipinski definition) is 3. The highest BCUT2D eigenvalue weighted by Crippen LogP contribution is 2.17. The summed E-state index contributed by atoms with van der Waals surface area (Å²) in [4.78, 5) is 22.2. The average Bonchev–Trinajstić information content (AvgIpc) is 2.29. The number of hydrogen-bond acceptors (Lipinski definition) is 4. The fourth-order valence-electron chi connectivity index (χ4n) is 1.12. The van der Waals surface area contributed by atoms with Crippen LogP contribution in [-0.4, -0.2) is 22.7 Å². The van der Waals surface area contributed by atoms with E-state index in [-0.39, 0.29) is 22.5 Å². The monoisotopic (exact) mass is 231 g/mol. The number of benzene rings is 1. The van der Waals surface area contributed by atoms with Crippen molar-refractivity contribution in [3.63, 3.8) is 0 Å². The van der Waals surface area contributed by atoms with Gasteiger partial charge in [0, 0.05) is 0 Å². The van der Waals surface area contributed by atoms with Crippen LogP contribution in [0.15, 0.2) is 18.2 Å². The third kappa shape index (κ3) is 2.89. The summed E-state index contributed by atoms with van der Waals surface area (Å²) in [5.74, 6) is -1.93. The first kappa shape index (κ1) is 12.4. The van der Waals surface area contributed by atoms with Gasteiger partial charge in [-0.3, -0.25) is 10.2 Å². The number of nitrogens with one attached hydrogen (secondary N) is 2. The molecule has 17 heavy (non-hydrogen) atoms. The Balaban J connectivity index is 3.16. The Kier molecular flexibility index (Phi) is 3.57. The predicted octanol–water partition coefficient (Wildman–Crippen LogP) is 1.23. The zero-order valence-corrected chi connectivity index (χ0v) is 8.94. The molecule has 0 radical (unpaired) electrons. The molecular formula is C11H9N3O3. The highest BCUT2D eigenvalue weighted by atomic mass is 16.4. The lowest BCUT2D eigenvalue weighted by molar-refractivity contribution is -0.110. The van der Waals surface area contributed by atoms with Crippen LogP contribution in [0.3, 0.4) is 0 Å². The van der Waals surface area contributed by atoms with E-state index in [2.05, 4.69) is 5.32 Å². The van der Waals surface area contributed by atoms with E-state index in [4.69, 9.17) is 15.8 Å². The first-order valence-electron chi connectivity index (χ1n) is 4.59. The molecule has 0 atom stereocenters. The summed E-state index contributed by atoms with van der Waals surface area (Å²) >= 11 is 0. The molecule has 0 aromatic heterocycles. The normalized spacial score (nSPS) is 9.18. The van der Waals surface area contributed by atoms with E-state index < -0.39 is 11.9 Å². The Morgan fingerprint density at radius 3 is 2.59 bits per heavy atom. The quantitative estimate of drug-likeness (QED) is 0.678. The lowest BCUT2D eigenvalue weighted by Gasteiger charge is -2.07. The molecule has 0 aliphatic carbocycles. The van der Waals surface area contributed by atoms with Gasteiger partial charge >= 0.3 is 5.97 Å². The summed E-state index contributed by atoms with van der Waals surface area (Å²) in [7, 11) is 0. The van der Waals surface area contributed by atoms with Gasteiger partial charge in [0.25, 0.3) is 5.91 Å². The predicted molar refractivity (Wildman–Crippen MR) is 60.1 cm³/mol. The van der Waals surface area contributed by atoms with Crippen molar-refractivity contribution in [1.82, 2.24) is 0 Å². The largest absolute Gasteiger partial charge is 0.478 e. The topological polar surface area (TPSA) is 114 Å². The molecule has 0 unspecified atom stereocenters. The number of nitriles is 1. The average molecular weight is 231 g/mol. The number of nitrogens with zero attached hydrogens (tertiary/aromatic N) is 1. The van der Waals surface area contributed by atoms with Crippen LogP contribution in [0.2, 0.25) is 0 Å². The zero-order chi connectivity index (χ0) is 13.0. The lowest BCUT2D eigenvalue weighted by Crippen LogP contribution is -2.20. The molecule has 0 heterocycles. The molecule has 0 spiro atoms. The number of rotatable bonds is 3. The Morgan fingerprint density at radius 2 is 2.12 bits per heavy atom. The van der Waals surface area contributed by atoms with Crippen molar-refractivity contribution >= 4 is 23.3 Å². The molecule has 6 nitrogen and oxygen atoms in total. The number of carbonyl (C=O) groups excluding carboxylic acids is 1. The van der Waals surface area contributed by atoms with Crippen LogP contribution < -0.4 is 5.32 Å². The summed E-state index contributed by atoms with van der Waals surface area (Å²) in [6.07, 6.45) is 0. The Labute approximate surface area is 97.0 Å². The molecule has 0 saturated heterocycles. The van der Waals surface area contributed by atoms with Crippen LogP contribution >= 0.6 is 0 Å². The standard InChI is InChI=1S/C11H9N3O3/c1-6(13)10(15)14-9-3-2-7(5-12)4-8(9)11(16)17/h2-4,13H,1H3,(H,14,15)(H,16,17). The van der Waals surface area contributed by atoms with Crippen LogP contribution in [0.1, 0.15) is 22.8 Å². The highest BCUT2D eigenvalue weighted by Gasteiger charge is 2.14. The maximum absolute atomic E-state index is 11.2. The van der Waals surface area contributed by atoms with Crippen LogP contribution in [-0.2, 0) is 4.79 Å². The third-order valence-electron chi connectivity index (χ3n) is 1.97. The van der Waals surface area contributed by atoms with Gasteiger partial charge in [-0.2, -0.15) is 5.26 Å². The fraction of sp³-hybridized carbons (Fsp3) is 0.0909. The summed E-state index contributed by atoms with van der Waals surface area (Å²) in [5, 5.41) is 26.9. The Morgan fingerprint density at radius 1 is 1.47 bits per heavy atom. The van der Waals surface area contributed by atoms with E-state index in [1.807, 2.05) is 6.07 Å². The molecular weight excluding hydrogens is 222 g/mol. The summed E-state index contributed by atoms with van der Waals surface area (Å²) in [6, 6.07) is 5.68. The minimum Gasteiger partial charge on any atom is -0.478 e. The highest BCUT2D eigenvalue weighted by molar-refractivity contribution is 6.41. The van der Waals surface area contributed by atoms with Gasteiger partial charge in [0.15, 0.2) is 0 Å². The molecule has 1 aromatic rings. The van der Waals surface area contributed by atoms with Gasteiger partial charge in [-0.15, -0.1) is 0 Å².